The van der Waals surface area contributed by atoms with Gasteiger partial charge in [-0.3, -0.25) is 9.79 Å². The fraction of sp³-hybridized carbons (Fsp3) is 0.111. The molecule has 2 aromatic rings. The van der Waals surface area contributed by atoms with Crippen LogP contribution in [-0.4, -0.2) is 25.2 Å². The van der Waals surface area contributed by atoms with Gasteiger partial charge in [0.1, 0.15) is 11.4 Å². The van der Waals surface area contributed by atoms with Crippen molar-refractivity contribution >= 4 is 7.82 Å². The van der Waals surface area contributed by atoms with Gasteiger partial charge in [-0.2, -0.15) is 15.4 Å². The summed E-state index contributed by atoms with van der Waals surface area (Å²) in [5, 5.41) is 9.98. The first-order valence-corrected chi connectivity index (χ1v) is 6.21. The number of rotatable bonds is 3. The third-order valence-corrected chi connectivity index (χ3v) is 2.55. The van der Waals surface area contributed by atoms with Crippen molar-refractivity contribution < 1.29 is 18.9 Å². The fourth-order valence-electron chi connectivity index (χ4n) is 1.33. The molecule has 1 heterocycles. The molecule has 1 aromatic heterocycles. The van der Waals surface area contributed by atoms with Crippen molar-refractivity contribution in [1.29, 1.82) is 0 Å². The Balaban J connectivity index is 2.40. The summed E-state index contributed by atoms with van der Waals surface area (Å²) in [6.07, 6.45) is 1.51. The highest BCUT2D eigenvalue weighted by Gasteiger charge is 2.18. The first-order chi connectivity index (χ1) is 7.96. The molecule has 0 bridgehead atoms. The average Bonchev–Trinajstić information content (AvgIpc) is 2.72. The van der Waals surface area contributed by atoms with Crippen molar-refractivity contribution in [3.8, 4) is 17.0 Å². The molecule has 0 fully saturated rings. The molecule has 8 heteroatoms. The second-order valence-corrected chi connectivity index (χ2v) is 4.58. The zero-order chi connectivity index (χ0) is 12.5. The monoisotopic (exact) mass is 255 g/mol. The maximum Gasteiger partial charge on any atom is 0.524 e. The van der Waals surface area contributed by atoms with Gasteiger partial charge in [-0.05, 0) is 18.6 Å². The van der Waals surface area contributed by atoms with Crippen molar-refractivity contribution in [2.24, 2.45) is 0 Å². The lowest BCUT2D eigenvalue weighted by Crippen LogP contribution is -1.93. The summed E-state index contributed by atoms with van der Waals surface area (Å²) in [4.78, 5) is 17.5. The lowest BCUT2D eigenvalue weighted by molar-refractivity contribution is 0.282. The zero-order valence-corrected chi connectivity index (χ0v) is 9.76. The number of phosphoric ester groups is 1. The maximum absolute atomic E-state index is 10.8. The molecule has 0 aliphatic heterocycles. The van der Waals surface area contributed by atoms with Crippen LogP contribution in [0.15, 0.2) is 24.4 Å². The Labute approximate surface area is 96.7 Å². The van der Waals surface area contributed by atoms with Crippen LogP contribution in [0.5, 0.6) is 5.75 Å². The van der Waals surface area contributed by atoms with Crippen LogP contribution in [-0.2, 0) is 4.57 Å². The minimum atomic E-state index is -4.56. The van der Waals surface area contributed by atoms with E-state index in [1.807, 2.05) is 0 Å². The summed E-state index contributed by atoms with van der Waals surface area (Å²) >= 11 is 0. The molecule has 0 amide bonds. The first-order valence-electron chi connectivity index (χ1n) is 4.68. The topological polar surface area (TPSA) is 108 Å². The van der Waals surface area contributed by atoms with E-state index < -0.39 is 7.82 Å². The number of hydrogen-bond acceptors (Lipinski definition) is 4. The number of nitrogens with one attached hydrogen (secondary N) is 1. The standard InChI is InChI=1S/C9H10N3O4P/c1-6-2-3-7(8-5-10-12-11-8)4-9(6)16-17(13,14)15/h2-5H,1H3,(H,10,11,12)(H2,13,14,15). The molecule has 7 nitrogen and oxygen atoms in total. The second-order valence-electron chi connectivity index (χ2n) is 3.42. The molecule has 1 aromatic carbocycles. The van der Waals surface area contributed by atoms with Crippen LogP contribution in [0.25, 0.3) is 11.3 Å². The molecular formula is C9H10N3O4P. The van der Waals surface area contributed by atoms with Gasteiger partial charge >= 0.3 is 7.82 Å². The number of aryl methyl sites for hydroxylation is 1. The van der Waals surface area contributed by atoms with E-state index in [4.69, 9.17) is 9.79 Å². The van der Waals surface area contributed by atoms with E-state index in [1.165, 1.54) is 12.3 Å². The molecule has 0 aliphatic carbocycles. The van der Waals surface area contributed by atoms with Gasteiger partial charge in [0.2, 0.25) is 0 Å². The Morgan fingerprint density at radius 3 is 2.76 bits per heavy atom. The minimum absolute atomic E-state index is 0.124. The smallest absolute Gasteiger partial charge is 0.404 e. The number of phosphoric acid groups is 1. The molecule has 0 saturated carbocycles. The van der Waals surface area contributed by atoms with Gasteiger partial charge in [-0.15, -0.1) is 0 Å². The van der Waals surface area contributed by atoms with Gasteiger partial charge in [0.05, 0.1) is 6.20 Å². The summed E-state index contributed by atoms with van der Waals surface area (Å²) in [6.45, 7) is 1.69. The molecule has 0 radical (unpaired) electrons. The predicted octanol–water partition coefficient (Wildman–Crippen LogP) is 1.25. The van der Waals surface area contributed by atoms with E-state index >= 15 is 0 Å². The molecule has 2 rings (SSSR count). The summed E-state index contributed by atoms with van der Waals surface area (Å²) in [7, 11) is -4.56. The second kappa shape index (κ2) is 4.29. The van der Waals surface area contributed by atoms with E-state index in [0.717, 1.165) is 0 Å². The van der Waals surface area contributed by atoms with Crippen molar-refractivity contribution in [1.82, 2.24) is 15.4 Å². The van der Waals surface area contributed by atoms with Gasteiger partial charge in [0.25, 0.3) is 0 Å². The Bertz CT molecular complexity index is 564. The number of aromatic amines is 1. The molecule has 0 spiro atoms. The molecule has 0 aliphatic rings. The van der Waals surface area contributed by atoms with Crippen LogP contribution in [0, 0.1) is 6.92 Å². The first kappa shape index (κ1) is 11.8. The SMILES string of the molecule is Cc1ccc(-c2cn[nH]n2)cc1OP(=O)(O)O. The fourth-order valence-corrected chi connectivity index (χ4v) is 1.78. The number of benzene rings is 1. The largest absolute Gasteiger partial charge is 0.524 e. The van der Waals surface area contributed by atoms with E-state index in [0.29, 0.717) is 16.8 Å². The van der Waals surface area contributed by atoms with Crippen LogP contribution < -0.4 is 4.52 Å². The number of hydrogen-bond donors (Lipinski definition) is 3. The van der Waals surface area contributed by atoms with E-state index in [2.05, 4.69) is 19.9 Å². The molecule has 0 saturated heterocycles. The Morgan fingerprint density at radius 1 is 1.41 bits per heavy atom. The Hall–Kier alpha value is -1.69. The summed E-state index contributed by atoms with van der Waals surface area (Å²) in [6, 6.07) is 4.96. The minimum Gasteiger partial charge on any atom is -0.404 e. The molecule has 90 valence electrons. The van der Waals surface area contributed by atoms with Gasteiger partial charge < -0.3 is 4.52 Å². The highest BCUT2D eigenvalue weighted by Crippen LogP contribution is 2.40. The zero-order valence-electron chi connectivity index (χ0n) is 8.86. The highest BCUT2D eigenvalue weighted by atomic mass is 31.2. The maximum atomic E-state index is 10.8. The molecule has 3 N–H and O–H groups in total. The van der Waals surface area contributed by atoms with Crippen molar-refractivity contribution in [3.63, 3.8) is 0 Å². The van der Waals surface area contributed by atoms with E-state index in [-0.39, 0.29) is 5.75 Å². The third-order valence-electron chi connectivity index (χ3n) is 2.12. The Kier molecular flexibility index (Phi) is 2.97. The van der Waals surface area contributed by atoms with Gasteiger partial charge in [0.15, 0.2) is 0 Å². The van der Waals surface area contributed by atoms with Gasteiger partial charge in [-0.25, -0.2) is 4.57 Å². The van der Waals surface area contributed by atoms with Gasteiger partial charge in [-0.1, -0.05) is 12.1 Å². The molecule has 17 heavy (non-hydrogen) atoms. The van der Waals surface area contributed by atoms with Crippen molar-refractivity contribution in [2.75, 3.05) is 0 Å². The van der Waals surface area contributed by atoms with E-state index in [9.17, 15) is 4.57 Å². The summed E-state index contributed by atoms with van der Waals surface area (Å²) < 4.78 is 15.4. The lowest BCUT2D eigenvalue weighted by atomic mass is 10.1. The third kappa shape index (κ3) is 2.91. The molecular weight excluding hydrogens is 245 g/mol. The van der Waals surface area contributed by atoms with Gasteiger partial charge in [0, 0.05) is 5.56 Å². The van der Waals surface area contributed by atoms with Crippen LogP contribution >= 0.6 is 7.82 Å². The average molecular weight is 255 g/mol. The van der Waals surface area contributed by atoms with Crippen LogP contribution in [0.3, 0.4) is 0 Å². The van der Waals surface area contributed by atoms with Crippen molar-refractivity contribution in [2.45, 2.75) is 6.92 Å². The number of H-pyrrole nitrogens is 1. The van der Waals surface area contributed by atoms with E-state index in [1.54, 1.807) is 19.1 Å². The quantitative estimate of drug-likeness (QED) is 0.712. The van der Waals surface area contributed by atoms with Crippen molar-refractivity contribution in [3.05, 3.63) is 30.0 Å². The molecule has 0 atom stereocenters. The Morgan fingerprint density at radius 2 is 2.18 bits per heavy atom. The number of aromatic nitrogens is 3. The van der Waals surface area contributed by atoms with Crippen LogP contribution in [0.4, 0.5) is 0 Å². The predicted molar refractivity (Wildman–Crippen MR) is 59.2 cm³/mol. The normalized spacial score (nSPS) is 11.5. The van der Waals surface area contributed by atoms with Crippen LogP contribution in [0.1, 0.15) is 5.56 Å². The summed E-state index contributed by atoms with van der Waals surface area (Å²) in [5.74, 6) is 0.124. The highest BCUT2D eigenvalue weighted by molar-refractivity contribution is 7.46. The molecule has 0 unspecified atom stereocenters. The lowest BCUT2D eigenvalue weighted by Gasteiger charge is -2.10. The van der Waals surface area contributed by atoms with Crippen LogP contribution in [0.2, 0.25) is 0 Å². The summed E-state index contributed by atoms with van der Waals surface area (Å²) in [5.41, 5.74) is 1.86. The number of nitrogens with zero attached hydrogens (tertiary/aromatic N) is 2.